The van der Waals surface area contributed by atoms with Gasteiger partial charge in [0.1, 0.15) is 0 Å². The number of hydrogen-bond acceptors (Lipinski definition) is 5. The van der Waals surface area contributed by atoms with Crippen LogP contribution in [-0.2, 0) is 11.3 Å². The topological polar surface area (TPSA) is 42.4 Å². The molecule has 1 aromatic rings. The quantitative estimate of drug-likeness (QED) is 0.559. The molecule has 0 atom stereocenters. The van der Waals surface area contributed by atoms with Gasteiger partial charge in [0.25, 0.3) is 0 Å². The van der Waals surface area contributed by atoms with E-state index in [1.54, 1.807) is 12.3 Å². The van der Waals surface area contributed by atoms with Gasteiger partial charge < -0.3 is 9.64 Å². The maximum atomic E-state index is 11.2. The molecule has 0 radical (unpaired) electrons. The number of ether oxygens (including phenoxy) is 1. The van der Waals surface area contributed by atoms with Crippen molar-refractivity contribution in [2.45, 2.75) is 13.0 Å². The average Bonchev–Trinajstić information content (AvgIpc) is 2.39. The Bertz CT molecular complexity index is 368. The summed E-state index contributed by atoms with van der Waals surface area (Å²) in [4.78, 5) is 17.7. The van der Waals surface area contributed by atoms with E-state index in [4.69, 9.17) is 0 Å². The van der Waals surface area contributed by atoms with Crippen molar-refractivity contribution < 1.29 is 9.53 Å². The Morgan fingerprint density at radius 2 is 2.28 bits per heavy atom. The highest BCUT2D eigenvalue weighted by Crippen LogP contribution is 2.05. The summed E-state index contributed by atoms with van der Waals surface area (Å²) in [7, 11) is 3.45. The zero-order valence-electron chi connectivity index (χ0n) is 11.2. The number of hydrogen-bond donors (Lipinski definition) is 0. The van der Waals surface area contributed by atoms with Gasteiger partial charge in [0.15, 0.2) is 0 Å². The summed E-state index contributed by atoms with van der Waals surface area (Å²) in [5.41, 5.74) is 1.46. The molecule has 4 nitrogen and oxygen atoms in total. The van der Waals surface area contributed by atoms with Crippen LogP contribution in [0.2, 0.25) is 0 Å². The van der Waals surface area contributed by atoms with Crippen LogP contribution >= 0.6 is 11.8 Å². The lowest BCUT2D eigenvalue weighted by molar-refractivity contribution is 0.0600. The minimum Gasteiger partial charge on any atom is -0.465 e. The summed E-state index contributed by atoms with van der Waals surface area (Å²) in [6.45, 7) is 1.86. The average molecular weight is 268 g/mol. The maximum absolute atomic E-state index is 11.2. The van der Waals surface area contributed by atoms with E-state index in [1.807, 2.05) is 17.8 Å². The summed E-state index contributed by atoms with van der Waals surface area (Å²) < 4.78 is 4.63. The predicted octanol–water partition coefficient (Wildman–Crippen LogP) is 2.05. The fraction of sp³-hybridized carbons (Fsp3) is 0.538. The first-order valence-electron chi connectivity index (χ1n) is 5.88. The Morgan fingerprint density at radius 1 is 1.50 bits per heavy atom. The molecule has 0 aromatic carbocycles. The van der Waals surface area contributed by atoms with E-state index in [0.29, 0.717) is 5.56 Å². The first kappa shape index (κ1) is 15.0. The molecule has 0 saturated carbocycles. The van der Waals surface area contributed by atoms with Crippen molar-refractivity contribution in [3.8, 4) is 0 Å². The van der Waals surface area contributed by atoms with Crippen LogP contribution in [0.3, 0.4) is 0 Å². The Morgan fingerprint density at radius 3 is 2.83 bits per heavy atom. The predicted molar refractivity (Wildman–Crippen MR) is 74.9 cm³/mol. The molecule has 0 fully saturated rings. The number of carbonyl (C=O) groups is 1. The van der Waals surface area contributed by atoms with Crippen LogP contribution in [0.25, 0.3) is 0 Å². The van der Waals surface area contributed by atoms with E-state index in [9.17, 15) is 4.79 Å². The minimum atomic E-state index is -0.345. The monoisotopic (exact) mass is 268 g/mol. The number of thioether (sulfide) groups is 1. The minimum absolute atomic E-state index is 0.345. The highest BCUT2D eigenvalue weighted by Gasteiger charge is 2.06. The van der Waals surface area contributed by atoms with E-state index in [0.717, 1.165) is 18.8 Å². The third-order valence-electron chi connectivity index (χ3n) is 2.57. The second-order valence-electron chi connectivity index (χ2n) is 4.11. The van der Waals surface area contributed by atoms with Crippen molar-refractivity contribution in [3.05, 3.63) is 29.6 Å². The Hall–Kier alpha value is -1.07. The molecule has 0 spiro atoms. The van der Waals surface area contributed by atoms with Crippen molar-refractivity contribution in [2.24, 2.45) is 0 Å². The molecule has 5 heteroatoms. The summed E-state index contributed by atoms with van der Waals surface area (Å²) in [6.07, 6.45) is 4.86. The molecular weight excluding hydrogens is 248 g/mol. The van der Waals surface area contributed by atoms with Crippen molar-refractivity contribution in [2.75, 3.05) is 32.7 Å². The molecule has 0 unspecified atom stereocenters. The molecule has 0 N–H and O–H groups in total. The van der Waals surface area contributed by atoms with Crippen molar-refractivity contribution >= 4 is 17.7 Å². The standard InChI is InChI=1S/C13H20N2O2S/c1-15(7-4-8-18-3)10-12-6-5-11(9-14-12)13(16)17-2/h5-6,9H,4,7-8,10H2,1-3H3. The van der Waals surface area contributed by atoms with E-state index in [2.05, 4.69) is 27.9 Å². The van der Waals surface area contributed by atoms with Gasteiger partial charge in [0, 0.05) is 12.7 Å². The molecule has 1 heterocycles. The molecule has 0 aliphatic rings. The van der Waals surface area contributed by atoms with Crippen molar-refractivity contribution in [1.82, 2.24) is 9.88 Å². The van der Waals surface area contributed by atoms with Gasteiger partial charge >= 0.3 is 5.97 Å². The molecule has 0 amide bonds. The highest BCUT2D eigenvalue weighted by atomic mass is 32.2. The van der Waals surface area contributed by atoms with Crippen molar-refractivity contribution in [3.63, 3.8) is 0 Å². The Labute approximate surface area is 113 Å². The molecule has 18 heavy (non-hydrogen) atoms. The molecule has 100 valence electrons. The highest BCUT2D eigenvalue weighted by molar-refractivity contribution is 7.98. The van der Waals surface area contributed by atoms with Crippen LogP contribution in [-0.4, -0.2) is 48.6 Å². The Kier molecular flexibility index (Phi) is 6.75. The van der Waals surface area contributed by atoms with Crippen LogP contribution in [0, 0.1) is 0 Å². The lowest BCUT2D eigenvalue weighted by Gasteiger charge is -2.15. The van der Waals surface area contributed by atoms with Crippen LogP contribution in [0.1, 0.15) is 22.5 Å². The number of aromatic nitrogens is 1. The van der Waals surface area contributed by atoms with Gasteiger partial charge in [-0.05, 0) is 44.2 Å². The van der Waals surface area contributed by atoms with Gasteiger partial charge in [-0.2, -0.15) is 11.8 Å². The third kappa shape index (κ3) is 5.06. The molecular formula is C13H20N2O2S. The summed E-state index contributed by atoms with van der Waals surface area (Å²) >= 11 is 1.86. The molecule has 0 aliphatic heterocycles. The largest absolute Gasteiger partial charge is 0.465 e. The van der Waals surface area contributed by atoms with E-state index in [1.165, 1.54) is 19.3 Å². The van der Waals surface area contributed by atoms with E-state index >= 15 is 0 Å². The second-order valence-corrected chi connectivity index (χ2v) is 5.10. The molecule has 0 saturated heterocycles. The normalized spacial score (nSPS) is 10.7. The zero-order valence-corrected chi connectivity index (χ0v) is 12.0. The van der Waals surface area contributed by atoms with Crippen LogP contribution in [0.4, 0.5) is 0 Å². The number of nitrogens with zero attached hydrogens (tertiary/aromatic N) is 2. The lowest BCUT2D eigenvalue weighted by atomic mass is 10.2. The van der Waals surface area contributed by atoms with Crippen molar-refractivity contribution in [1.29, 1.82) is 0 Å². The van der Waals surface area contributed by atoms with Gasteiger partial charge in [0.2, 0.25) is 0 Å². The summed E-state index contributed by atoms with van der Waals surface area (Å²) in [5.74, 6) is 0.835. The molecule has 1 rings (SSSR count). The van der Waals surface area contributed by atoms with E-state index in [-0.39, 0.29) is 5.97 Å². The second kappa shape index (κ2) is 8.11. The summed E-state index contributed by atoms with van der Waals surface area (Å²) in [6, 6.07) is 3.63. The first-order chi connectivity index (χ1) is 8.67. The summed E-state index contributed by atoms with van der Waals surface area (Å²) in [5, 5.41) is 0. The maximum Gasteiger partial charge on any atom is 0.339 e. The fourth-order valence-corrected chi connectivity index (χ4v) is 2.01. The van der Waals surface area contributed by atoms with Crippen LogP contribution in [0.5, 0.6) is 0 Å². The van der Waals surface area contributed by atoms with Gasteiger partial charge in [-0.15, -0.1) is 0 Å². The lowest BCUT2D eigenvalue weighted by Crippen LogP contribution is -2.20. The molecule has 0 bridgehead atoms. The first-order valence-corrected chi connectivity index (χ1v) is 7.27. The smallest absolute Gasteiger partial charge is 0.339 e. The number of esters is 1. The number of carbonyl (C=O) groups excluding carboxylic acids is 1. The SMILES string of the molecule is COC(=O)c1ccc(CN(C)CCCSC)nc1. The molecule has 1 aromatic heterocycles. The van der Waals surface area contributed by atoms with Crippen LogP contribution in [0.15, 0.2) is 18.3 Å². The number of pyridine rings is 1. The Balaban J connectivity index is 2.45. The third-order valence-corrected chi connectivity index (χ3v) is 3.26. The van der Waals surface area contributed by atoms with E-state index < -0.39 is 0 Å². The molecule has 0 aliphatic carbocycles. The van der Waals surface area contributed by atoms with Gasteiger partial charge in [-0.1, -0.05) is 0 Å². The number of methoxy groups -OCH3 is 1. The van der Waals surface area contributed by atoms with Gasteiger partial charge in [0.05, 0.1) is 18.4 Å². The number of rotatable bonds is 7. The zero-order chi connectivity index (χ0) is 13.4. The van der Waals surface area contributed by atoms with Crippen LogP contribution < -0.4 is 0 Å². The van der Waals surface area contributed by atoms with Gasteiger partial charge in [-0.3, -0.25) is 4.98 Å². The fourth-order valence-electron chi connectivity index (χ4n) is 1.59. The van der Waals surface area contributed by atoms with Gasteiger partial charge in [-0.25, -0.2) is 4.79 Å².